The molecule has 8 heteroatoms. The number of nitrogens with one attached hydrogen (secondary N) is 2. The molecule has 0 saturated heterocycles. The molecule has 1 aromatic rings. The predicted molar refractivity (Wildman–Crippen MR) is 103 cm³/mol. The lowest BCUT2D eigenvalue weighted by Gasteiger charge is -2.18. The fourth-order valence-corrected chi connectivity index (χ4v) is 2.42. The predicted octanol–water partition coefficient (Wildman–Crippen LogP) is 1.90. The molecule has 0 bridgehead atoms. The number of carbonyl (C=O) groups excluding carboxylic acids is 1. The van der Waals surface area contributed by atoms with Gasteiger partial charge in [-0.1, -0.05) is 12.8 Å². The Kier molecular flexibility index (Phi) is 8.94. The molecule has 0 aliphatic heterocycles. The van der Waals surface area contributed by atoms with Gasteiger partial charge in [-0.2, -0.15) is 0 Å². The van der Waals surface area contributed by atoms with E-state index in [0.29, 0.717) is 17.7 Å². The van der Waals surface area contributed by atoms with Gasteiger partial charge in [0.15, 0.2) is 5.96 Å². The van der Waals surface area contributed by atoms with Crippen molar-refractivity contribution < 1.29 is 9.18 Å². The van der Waals surface area contributed by atoms with Gasteiger partial charge in [0.25, 0.3) is 0 Å². The first-order valence-corrected chi connectivity index (χ1v) is 7.90. The van der Waals surface area contributed by atoms with E-state index in [0.717, 1.165) is 12.8 Å². The van der Waals surface area contributed by atoms with Gasteiger partial charge in [-0.3, -0.25) is 9.78 Å². The molecule has 1 fully saturated rings. The van der Waals surface area contributed by atoms with Crippen LogP contribution in [0.25, 0.3) is 0 Å². The molecule has 0 aromatic carbocycles. The van der Waals surface area contributed by atoms with E-state index in [1.54, 1.807) is 26.4 Å². The molecule has 0 unspecified atom stereocenters. The Morgan fingerprint density at radius 3 is 2.75 bits per heavy atom. The molecule has 1 saturated carbocycles. The molecule has 0 radical (unpaired) electrons. The molecular formula is C16H25FIN5O. The van der Waals surface area contributed by atoms with E-state index < -0.39 is 0 Å². The summed E-state index contributed by atoms with van der Waals surface area (Å²) in [6.07, 6.45) is 6.09. The quantitative estimate of drug-likeness (QED) is 0.410. The lowest BCUT2D eigenvalue weighted by atomic mass is 10.2. The summed E-state index contributed by atoms with van der Waals surface area (Å²) in [5.74, 6) is 0.105. The zero-order chi connectivity index (χ0) is 16.7. The van der Waals surface area contributed by atoms with Gasteiger partial charge in [0.2, 0.25) is 5.91 Å². The van der Waals surface area contributed by atoms with Crippen molar-refractivity contribution >= 4 is 35.8 Å². The summed E-state index contributed by atoms with van der Waals surface area (Å²) in [5.41, 5.74) is 0.291. The number of aliphatic imine (C=N–C) groups is 1. The molecular weight excluding hydrogens is 424 g/mol. The van der Waals surface area contributed by atoms with Gasteiger partial charge >= 0.3 is 0 Å². The van der Waals surface area contributed by atoms with Crippen LogP contribution in [0.5, 0.6) is 0 Å². The number of pyridine rings is 1. The van der Waals surface area contributed by atoms with Gasteiger partial charge in [0, 0.05) is 26.3 Å². The Bertz CT molecular complexity index is 561. The first-order valence-electron chi connectivity index (χ1n) is 7.90. The van der Waals surface area contributed by atoms with Crippen LogP contribution in [0.4, 0.5) is 4.39 Å². The van der Waals surface area contributed by atoms with Crippen LogP contribution in [0.1, 0.15) is 31.4 Å². The number of hydrogen-bond donors (Lipinski definition) is 2. The smallest absolute Gasteiger partial charge is 0.241 e. The molecule has 1 aliphatic carbocycles. The maximum atomic E-state index is 13.6. The maximum absolute atomic E-state index is 13.6. The van der Waals surface area contributed by atoms with Gasteiger partial charge < -0.3 is 15.5 Å². The van der Waals surface area contributed by atoms with Crippen LogP contribution in [0.3, 0.4) is 0 Å². The summed E-state index contributed by atoms with van der Waals surface area (Å²) in [4.78, 5) is 21.6. The highest BCUT2D eigenvalue weighted by Gasteiger charge is 2.17. The van der Waals surface area contributed by atoms with E-state index >= 15 is 0 Å². The van der Waals surface area contributed by atoms with Gasteiger partial charge in [0.05, 0.1) is 18.8 Å². The van der Waals surface area contributed by atoms with E-state index in [2.05, 4.69) is 20.6 Å². The summed E-state index contributed by atoms with van der Waals surface area (Å²) in [7, 11) is 3.41. The first kappa shape index (κ1) is 20.6. The van der Waals surface area contributed by atoms with E-state index in [1.807, 2.05) is 0 Å². The Balaban J connectivity index is 0.00000288. The van der Waals surface area contributed by atoms with Crippen molar-refractivity contribution in [2.45, 2.75) is 38.3 Å². The van der Waals surface area contributed by atoms with E-state index in [4.69, 9.17) is 0 Å². The second-order valence-corrected chi connectivity index (χ2v) is 5.86. The van der Waals surface area contributed by atoms with Crippen LogP contribution in [0.2, 0.25) is 0 Å². The SMILES string of the molecule is CN(C)C(=O)CNC(=NCc1ncccc1F)NC1CCCC1.I. The van der Waals surface area contributed by atoms with Gasteiger partial charge in [-0.25, -0.2) is 9.38 Å². The molecule has 1 aromatic heterocycles. The first-order chi connectivity index (χ1) is 11.1. The van der Waals surface area contributed by atoms with Crippen molar-refractivity contribution in [1.29, 1.82) is 0 Å². The third-order valence-electron chi connectivity index (χ3n) is 3.82. The minimum absolute atomic E-state index is 0. The maximum Gasteiger partial charge on any atom is 0.241 e. The number of amides is 1. The standard InChI is InChI=1S/C16H24FN5O.HI/c1-22(2)15(23)11-20-16(21-12-6-3-4-7-12)19-10-14-13(17)8-5-9-18-14;/h5,8-9,12H,3-4,6-7,10-11H2,1-2H3,(H2,19,20,21);1H. The van der Waals surface area contributed by atoms with Crippen LogP contribution in [-0.2, 0) is 11.3 Å². The van der Waals surface area contributed by atoms with Gasteiger partial charge in [-0.05, 0) is 25.0 Å². The van der Waals surface area contributed by atoms with E-state index in [1.165, 1.54) is 23.8 Å². The minimum atomic E-state index is -0.374. The zero-order valence-electron chi connectivity index (χ0n) is 14.1. The summed E-state index contributed by atoms with van der Waals surface area (Å²) in [6.45, 7) is 0.279. The highest BCUT2D eigenvalue weighted by atomic mass is 127. The summed E-state index contributed by atoms with van der Waals surface area (Å²) in [6, 6.07) is 3.27. The number of guanidine groups is 1. The molecule has 24 heavy (non-hydrogen) atoms. The molecule has 1 aliphatic rings. The van der Waals surface area contributed by atoms with Crippen LogP contribution in [0, 0.1) is 5.82 Å². The van der Waals surface area contributed by atoms with E-state index in [-0.39, 0.29) is 48.8 Å². The number of hydrogen-bond acceptors (Lipinski definition) is 3. The lowest BCUT2D eigenvalue weighted by molar-refractivity contribution is -0.127. The largest absolute Gasteiger partial charge is 0.354 e. The van der Waals surface area contributed by atoms with Crippen molar-refractivity contribution in [2.75, 3.05) is 20.6 Å². The fraction of sp³-hybridized carbons (Fsp3) is 0.562. The van der Waals surface area contributed by atoms with Crippen molar-refractivity contribution in [3.05, 3.63) is 29.8 Å². The molecule has 6 nitrogen and oxygen atoms in total. The van der Waals surface area contributed by atoms with Gasteiger partial charge in [0.1, 0.15) is 5.82 Å². The molecule has 2 N–H and O–H groups in total. The Hall–Kier alpha value is -1.45. The zero-order valence-corrected chi connectivity index (χ0v) is 16.4. The van der Waals surface area contributed by atoms with E-state index in [9.17, 15) is 9.18 Å². The Morgan fingerprint density at radius 1 is 1.42 bits per heavy atom. The Labute approximate surface area is 159 Å². The van der Waals surface area contributed by atoms with Crippen LogP contribution in [0.15, 0.2) is 23.3 Å². The minimum Gasteiger partial charge on any atom is -0.354 e. The number of aromatic nitrogens is 1. The monoisotopic (exact) mass is 449 g/mol. The second kappa shape index (κ2) is 10.4. The molecule has 0 spiro atoms. The number of halogens is 2. The van der Waals surface area contributed by atoms with Crippen LogP contribution < -0.4 is 10.6 Å². The number of rotatable bonds is 5. The van der Waals surface area contributed by atoms with Crippen molar-refractivity contribution in [1.82, 2.24) is 20.5 Å². The topological polar surface area (TPSA) is 69.6 Å². The second-order valence-electron chi connectivity index (χ2n) is 5.86. The average Bonchev–Trinajstić information content (AvgIpc) is 3.03. The van der Waals surface area contributed by atoms with Crippen LogP contribution >= 0.6 is 24.0 Å². The summed E-state index contributed by atoms with van der Waals surface area (Å²) in [5, 5.41) is 6.33. The van der Waals surface area contributed by atoms with Crippen LogP contribution in [-0.4, -0.2) is 48.4 Å². The third kappa shape index (κ3) is 6.58. The van der Waals surface area contributed by atoms with Crippen molar-refractivity contribution in [3.63, 3.8) is 0 Å². The summed E-state index contributed by atoms with van der Waals surface area (Å²) >= 11 is 0. The normalized spacial score (nSPS) is 14.9. The lowest BCUT2D eigenvalue weighted by Crippen LogP contribution is -2.46. The molecule has 1 amide bonds. The number of nitrogens with zero attached hydrogens (tertiary/aromatic N) is 3. The highest BCUT2D eigenvalue weighted by molar-refractivity contribution is 14.0. The molecule has 134 valence electrons. The van der Waals surface area contributed by atoms with Crippen molar-refractivity contribution in [3.8, 4) is 0 Å². The molecule has 1 heterocycles. The van der Waals surface area contributed by atoms with Crippen molar-refractivity contribution in [2.24, 2.45) is 4.99 Å². The fourth-order valence-electron chi connectivity index (χ4n) is 2.42. The van der Waals surface area contributed by atoms with Gasteiger partial charge in [-0.15, -0.1) is 24.0 Å². The molecule has 2 rings (SSSR count). The Morgan fingerprint density at radius 2 is 2.12 bits per heavy atom. The average molecular weight is 449 g/mol. The summed E-state index contributed by atoms with van der Waals surface area (Å²) < 4.78 is 13.6. The number of carbonyl (C=O) groups is 1. The third-order valence-corrected chi connectivity index (χ3v) is 3.82. The molecule has 0 atom stereocenters. The number of likely N-dealkylation sites (N-methyl/N-ethyl adjacent to an activating group) is 1. The highest BCUT2D eigenvalue weighted by Crippen LogP contribution is 2.17.